The fraction of sp³-hybridized carbons (Fsp3) is 0.846. The molecular formula is C13H25N3O3. The number of likely N-dealkylation sites (N-methyl/N-ethyl adjacent to an activating group) is 1. The van der Waals surface area contributed by atoms with E-state index in [1.165, 1.54) is 0 Å². The second kappa shape index (κ2) is 5.77. The number of aliphatic carboxylic acids is 1. The molecule has 0 saturated carbocycles. The number of hydrogen-bond donors (Lipinski definition) is 2. The quantitative estimate of drug-likeness (QED) is 0.789. The zero-order valence-electron chi connectivity index (χ0n) is 12.4. The smallest absolute Gasteiger partial charge is 0.317 e. The number of carboxylic acid groups (broad SMARTS) is 1. The number of carbonyl (C=O) groups is 2. The molecule has 0 aromatic rings. The molecule has 19 heavy (non-hydrogen) atoms. The van der Waals surface area contributed by atoms with E-state index in [4.69, 9.17) is 5.11 Å². The molecule has 1 rings (SSSR count). The zero-order valence-corrected chi connectivity index (χ0v) is 12.4. The van der Waals surface area contributed by atoms with E-state index >= 15 is 0 Å². The van der Waals surface area contributed by atoms with Gasteiger partial charge in [0.1, 0.15) is 0 Å². The van der Waals surface area contributed by atoms with Crippen LogP contribution in [0.25, 0.3) is 0 Å². The molecule has 1 heterocycles. The first-order valence-electron chi connectivity index (χ1n) is 6.57. The maximum absolute atomic E-state index is 12.0. The second-order valence-electron chi connectivity index (χ2n) is 6.26. The third-order valence-corrected chi connectivity index (χ3v) is 3.78. The molecule has 2 unspecified atom stereocenters. The summed E-state index contributed by atoms with van der Waals surface area (Å²) in [6, 6.07) is 0.184. The number of hydrogen-bond acceptors (Lipinski definition) is 3. The summed E-state index contributed by atoms with van der Waals surface area (Å²) in [5.74, 6) is -0.484. The van der Waals surface area contributed by atoms with Gasteiger partial charge in [0.25, 0.3) is 0 Å². The van der Waals surface area contributed by atoms with E-state index in [0.717, 1.165) is 0 Å². The van der Waals surface area contributed by atoms with Crippen molar-refractivity contribution in [2.75, 3.05) is 33.7 Å². The Bertz CT molecular complexity index is 355. The van der Waals surface area contributed by atoms with Gasteiger partial charge in [0.05, 0.1) is 5.41 Å². The van der Waals surface area contributed by atoms with Gasteiger partial charge in [-0.15, -0.1) is 0 Å². The zero-order chi connectivity index (χ0) is 14.8. The van der Waals surface area contributed by atoms with Crippen molar-refractivity contribution in [2.24, 2.45) is 11.3 Å². The molecule has 1 aliphatic rings. The maximum Gasteiger partial charge on any atom is 0.317 e. The van der Waals surface area contributed by atoms with Crippen LogP contribution >= 0.6 is 0 Å². The Morgan fingerprint density at radius 3 is 2.37 bits per heavy atom. The SMILES string of the molecule is CC1CN(C(=O)NCC(C)(C)C(=O)O)CC1N(C)C. The Kier molecular flexibility index (Phi) is 4.79. The van der Waals surface area contributed by atoms with Crippen molar-refractivity contribution in [2.45, 2.75) is 26.8 Å². The number of urea groups is 1. The first kappa shape index (κ1) is 15.8. The molecule has 0 aromatic heterocycles. The average Bonchev–Trinajstić information content (AvgIpc) is 2.68. The van der Waals surface area contributed by atoms with Crippen LogP contribution in [-0.4, -0.2) is 66.7 Å². The lowest BCUT2D eigenvalue weighted by Crippen LogP contribution is -2.45. The van der Waals surface area contributed by atoms with Crippen molar-refractivity contribution in [1.82, 2.24) is 15.1 Å². The van der Waals surface area contributed by atoms with E-state index in [1.54, 1.807) is 18.7 Å². The Balaban J connectivity index is 2.50. The van der Waals surface area contributed by atoms with Crippen molar-refractivity contribution >= 4 is 12.0 Å². The van der Waals surface area contributed by atoms with Crippen LogP contribution in [0, 0.1) is 11.3 Å². The number of likely N-dealkylation sites (tertiary alicyclic amines) is 1. The van der Waals surface area contributed by atoms with Crippen LogP contribution in [0.1, 0.15) is 20.8 Å². The molecule has 0 bridgehead atoms. The lowest BCUT2D eigenvalue weighted by molar-refractivity contribution is -0.146. The fourth-order valence-electron chi connectivity index (χ4n) is 2.27. The number of carbonyl (C=O) groups excluding carboxylic acids is 1. The molecule has 1 fully saturated rings. The van der Waals surface area contributed by atoms with Gasteiger partial charge in [-0.1, -0.05) is 6.92 Å². The minimum absolute atomic E-state index is 0.138. The van der Waals surface area contributed by atoms with E-state index in [9.17, 15) is 9.59 Å². The molecule has 1 saturated heterocycles. The van der Waals surface area contributed by atoms with Crippen molar-refractivity contribution in [3.63, 3.8) is 0 Å². The van der Waals surface area contributed by atoms with E-state index in [2.05, 4.69) is 17.1 Å². The highest BCUT2D eigenvalue weighted by Crippen LogP contribution is 2.20. The summed E-state index contributed by atoms with van der Waals surface area (Å²) >= 11 is 0. The standard InChI is InChI=1S/C13H25N3O3/c1-9-6-16(7-10(9)15(4)5)12(19)14-8-13(2,3)11(17)18/h9-10H,6-8H2,1-5H3,(H,14,19)(H,17,18). The minimum atomic E-state index is -0.943. The van der Waals surface area contributed by atoms with E-state index < -0.39 is 11.4 Å². The molecular weight excluding hydrogens is 246 g/mol. The molecule has 2 atom stereocenters. The first-order chi connectivity index (χ1) is 8.65. The predicted molar refractivity (Wildman–Crippen MR) is 73.0 cm³/mol. The van der Waals surface area contributed by atoms with Gasteiger partial charge in [-0.2, -0.15) is 0 Å². The lowest BCUT2D eigenvalue weighted by atomic mass is 9.94. The molecule has 110 valence electrons. The van der Waals surface area contributed by atoms with Crippen molar-refractivity contribution in [3.8, 4) is 0 Å². The molecule has 0 aliphatic carbocycles. The number of nitrogens with one attached hydrogen (secondary N) is 1. The van der Waals surface area contributed by atoms with Crippen molar-refractivity contribution in [1.29, 1.82) is 0 Å². The molecule has 2 N–H and O–H groups in total. The van der Waals surface area contributed by atoms with Crippen LogP contribution < -0.4 is 5.32 Å². The van der Waals surface area contributed by atoms with Crippen LogP contribution in [0.15, 0.2) is 0 Å². The maximum atomic E-state index is 12.0. The minimum Gasteiger partial charge on any atom is -0.481 e. The summed E-state index contributed by atoms with van der Waals surface area (Å²) in [6.45, 7) is 6.86. The summed E-state index contributed by atoms with van der Waals surface area (Å²) in [5, 5.41) is 11.7. The van der Waals surface area contributed by atoms with Gasteiger partial charge in [0, 0.05) is 25.7 Å². The summed E-state index contributed by atoms with van der Waals surface area (Å²) in [5.41, 5.74) is -0.943. The number of amides is 2. The van der Waals surface area contributed by atoms with Gasteiger partial charge >= 0.3 is 12.0 Å². The molecule has 2 amide bonds. The highest BCUT2D eigenvalue weighted by Gasteiger charge is 2.35. The Morgan fingerprint density at radius 2 is 1.95 bits per heavy atom. The van der Waals surface area contributed by atoms with Crippen molar-refractivity contribution < 1.29 is 14.7 Å². The van der Waals surface area contributed by atoms with E-state index in [-0.39, 0.29) is 12.6 Å². The van der Waals surface area contributed by atoms with Gasteiger partial charge in [-0.25, -0.2) is 4.79 Å². The monoisotopic (exact) mass is 271 g/mol. The Hall–Kier alpha value is -1.30. The first-order valence-corrected chi connectivity index (χ1v) is 6.57. The summed E-state index contributed by atoms with van der Waals surface area (Å²) in [4.78, 5) is 26.9. The second-order valence-corrected chi connectivity index (χ2v) is 6.26. The third-order valence-electron chi connectivity index (χ3n) is 3.78. The van der Waals surface area contributed by atoms with Gasteiger partial charge in [-0.3, -0.25) is 4.79 Å². The normalized spacial score (nSPS) is 23.8. The Morgan fingerprint density at radius 1 is 1.37 bits per heavy atom. The predicted octanol–water partition coefficient (Wildman–Crippen LogP) is 0.689. The third kappa shape index (κ3) is 3.83. The van der Waals surface area contributed by atoms with Crippen LogP contribution in [0.5, 0.6) is 0 Å². The highest BCUT2D eigenvalue weighted by atomic mass is 16.4. The van der Waals surface area contributed by atoms with Crippen LogP contribution in [0.2, 0.25) is 0 Å². The van der Waals surface area contributed by atoms with Gasteiger partial charge in [0.15, 0.2) is 0 Å². The fourth-order valence-corrected chi connectivity index (χ4v) is 2.27. The molecule has 6 heteroatoms. The molecule has 6 nitrogen and oxygen atoms in total. The number of carboxylic acids is 1. The molecule has 0 aromatic carbocycles. The lowest BCUT2D eigenvalue weighted by Gasteiger charge is -2.24. The van der Waals surface area contributed by atoms with Gasteiger partial charge in [-0.05, 0) is 33.9 Å². The highest BCUT2D eigenvalue weighted by molar-refractivity contribution is 5.77. The van der Waals surface area contributed by atoms with E-state index in [0.29, 0.717) is 25.0 Å². The summed E-state index contributed by atoms with van der Waals surface area (Å²) in [7, 11) is 4.02. The van der Waals surface area contributed by atoms with Crippen molar-refractivity contribution in [3.05, 3.63) is 0 Å². The molecule has 0 radical (unpaired) electrons. The number of rotatable bonds is 4. The van der Waals surface area contributed by atoms with Crippen LogP contribution in [0.4, 0.5) is 4.79 Å². The van der Waals surface area contributed by atoms with Crippen LogP contribution in [-0.2, 0) is 4.79 Å². The molecule has 0 spiro atoms. The van der Waals surface area contributed by atoms with E-state index in [1.807, 2.05) is 14.1 Å². The summed E-state index contributed by atoms with van der Waals surface area (Å²) in [6.07, 6.45) is 0. The summed E-state index contributed by atoms with van der Waals surface area (Å²) < 4.78 is 0. The Labute approximate surface area is 114 Å². The largest absolute Gasteiger partial charge is 0.481 e. The number of nitrogens with zero attached hydrogens (tertiary/aromatic N) is 2. The van der Waals surface area contributed by atoms with Gasteiger partial charge in [0.2, 0.25) is 0 Å². The van der Waals surface area contributed by atoms with Gasteiger partial charge < -0.3 is 20.2 Å². The average molecular weight is 271 g/mol. The molecule has 1 aliphatic heterocycles. The topological polar surface area (TPSA) is 72.9 Å². The van der Waals surface area contributed by atoms with Crippen LogP contribution in [0.3, 0.4) is 0 Å².